The Morgan fingerprint density at radius 3 is 2.30 bits per heavy atom. The van der Waals surface area contributed by atoms with Crippen molar-refractivity contribution in [3.8, 4) is 5.75 Å². The minimum absolute atomic E-state index is 0.0386. The first-order chi connectivity index (χ1) is 26.9. The van der Waals surface area contributed by atoms with E-state index in [9.17, 15) is 14.4 Å². The average molecular weight is 771 g/mol. The Kier molecular flexibility index (Phi) is 14.5. The lowest BCUT2D eigenvalue weighted by Crippen LogP contribution is -2.51. The molecule has 1 N–H and O–H groups in total. The van der Waals surface area contributed by atoms with Gasteiger partial charge in [0.25, 0.3) is 5.56 Å². The third kappa shape index (κ3) is 9.95. The van der Waals surface area contributed by atoms with E-state index in [1.54, 1.807) is 23.3 Å². The fraction of sp³-hybridized carbons (Fsp3) is 0.735. The maximum Gasteiger partial charge on any atom is 0.338 e. The number of nitrogens with zero attached hydrogens (tertiary/aromatic N) is 1. The molecule has 0 aliphatic heterocycles. The number of fused-ring (bicyclic) bond motifs is 5. The lowest BCUT2D eigenvalue weighted by atomic mass is 9.47. The summed E-state index contributed by atoms with van der Waals surface area (Å²) in [4.78, 5) is 39.1. The number of esters is 1. The summed E-state index contributed by atoms with van der Waals surface area (Å²) < 4.78 is 13.8. The van der Waals surface area contributed by atoms with Crippen LogP contribution in [0, 0.1) is 53.3 Å². The van der Waals surface area contributed by atoms with Gasteiger partial charge in [-0.3, -0.25) is 9.78 Å². The highest BCUT2D eigenvalue weighted by Crippen LogP contribution is 2.67. The number of hydrogen-bond acceptors (Lipinski definition) is 5. The number of aryl methyl sites for hydroxylation is 2. The first-order valence-corrected chi connectivity index (χ1v) is 22.8. The van der Waals surface area contributed by atoms with Crippen molar-refractivity contribution in [2.45, 2.75) is 176 Å². The highest BCUT2D eigenvalue weighted by atomic mass is 16.5. The number of hydrogen-bond donors (Lipinski definition) is 1. The summed E-state index contributed by atoms with van der Waals surface area (Å²) in [6, 6.07) is 7.50. The van der Waals surface area contributed by atoms with E-state index in [1.165, 1.54) is 70.6 Å². The van der Waals surface area contributed by atoms with Gasteiger partial charge in [-0.25, -0.2) is 9.59 Å². The van der Waals surface area contributed by atoms with Crippen LogP contribution in [0.5, 0.6) is 5.75 Å². The highest BCUT2D eigenvalue weighted by molar-refractivity contribution is 5.89. The van der Waals surface area contributed by atoms with Crippen LogP contribution in [0.3, 0.4) is 0 Å². The molecule has 0 radical (unpaired) electrons. The zero-order valence-electron chi connectivity index (χ0n) is 35.8. The molecular weight excluding hydrogens is 697 g/mol. The summed E-state index contributed by atoms with van der Waals surface area (Å²) in [6.45, 7) is 15.6. The molecule has 6 rings (SSSR count). The fourth-order valence-electron chi connectivity index (χ4n) is 12.1. The predicted octanol–water partition coefficient (Wildman–Crippen LogP) is 11.6. The van der Waals surface area contributed by atoms with Gasteiger partial charge in [0, 0.05) is 24.7 Å². The largest absolute Gasteiger partial charge is 0.494 e. The SMILES string of the molecule is Cc1cn(CCCCCCCCCCOc2ccc(C(=O)OC3CC[C@@]4(C)C(=CC[C@H]5[C@@H]6CC[C@H]([C@H](C)CCCC(C)C)[C@@]6(C)CC[C@@H]54)C3)cc2)c(=O)[nH]c1=O. The van der Waals surface area contributed by atoms with Gasteiger partial charge >= 0.3 is 11.7 Å². The van der Waals surface area contributed by atoms with E-state index in [2.05, 4.69) is 45.7 Å². The number of H-pyrrole nitrogens is 1. The van der Waals surface area contributed by atoms with Gasteiger partial charge in [0.2, 0.25) is 0 Å². The zero-order valence-corrected chi connectivity index (χ0v) is 35.8. The molecule has 1 heterocycles. The summed E-state index contributed by atoms with van der Waals surface area (Å²) in [5.41, 5.74) is 2.88. The Balaban J connectivity index is 0.872. The van der Waals surface area contributed by atoms with Gasteiger partial charge in [0.15, 0.2) is 0 Å². The van der Waals surface area contributed by atoms with Crippen molar-refractivity contribution < 1.29 is 14.3 Å². The Morgan fingerprint density at radius 2 is 1.57 bits per heavy atom. The predicted molar refractivity (Wildman–Crippen MR) is 227 cm³/mol. The van der Waals surface area contributed by atoms with Crippen molar-refractivity contribution in [2.24, 2.45) is 46.3 Å². The standard InChI is InChI=1S/C49H74N2O5/c1-34(2)16-15-17-35(3)42-24-25-43-41-23-20-38-32-40(26-28-48(38,5)44(41)27-29-49(42,43)6)56-46(53)37-18-21-39(22-19-37)55-31-14-12-10-8-7-9-11-13-30-51-33-36(4)45(52)50-47(51)54/h18-22,33-35,40-44H,7-17,23-32H2,1-6H3,(H,50,52,54)/t35-,40?,41+,42-,43+,44+,48+,49-/m1/s1. The van der Waals surface area contributed by atoms with Crippen LogP contribution in [0.15, 0.2) is 51.7 Å². The summed E-state index contributed by atoms with van der Waals surface area (Å²) in [5, 5.41) is 0. The molecule has 0 bridgehead atoms. The molecule has 8 atom stereocenters. The van der Waals surface area contributed by atoms with Crippen LogP contribution in [-0.2, 0) is 11.3 Å². The second-order valence-electron chi connectivity index (χ2n) is 19.5. The van der Waals surface area contributed by atoms with Crippen LogP contribution in [0.1, 0.15) is 173 Å². The third-order valence-corrected chi connectivity index (χ3v) is 15.4. The second-order valence-corrected chi connectivity index (χ2v) is 19.5. The molecule has 1 aromatic carbocycles. The smallest absolute Gasteiger partial charge is 0.338 e. The van der Waals surface area contributed by atoms with Crippen LogP contribution in [-0.4, -0.2) is 28.2 Å². The quantitative estimate of drug-likeness (QED) is 0.0873. The minimum atomic E-state index is -0.321. The molecule has 0 spiro atoms. The van der Waals surface area contributed by atoms with Crippen molar-refractivity contribution in [2.75, 3.05) is 6.61 Å². The number of allylic oxidation sites excluding steroid dienone is 1. The first kappa shape index (κ1) is 42.5. The van der Waals surface area contributed by atoms with Crippen molar-refractivity contribution in [1.82, 2.24) is 9.55 Å². The normalized spacial score (nSPS) is 28.9. The van der Waals surface area contributed by atoms with Crippen molar-refractivity contribution >= 4 is 5.97 Å². The maximum atomic E-state index is 13.3. The lowest BCUT2D eigenvalue weighted by Gasteiger charge is -2.58. The molecule has 3 saturated carbocycles. The summed E-state index contributed by atoms with van der Waals surface area (Å²) in [6.07, 6.45) is 27.1. The number of unbranched alkanes of at least 4 members (excludes halogenated alkanes) is 7. The fourth-order valence-corrected chi connectivity index (χ4v) is 12.1. The molecule has 0 amide bonds. The third-order valence-electron chi connectivity index (χ3n) is 15.4. The van der Waals surface area contributed by atoms with Crippen LogP contribution < -0.4 is 16.0 Å². The van der Waals surface area contributed by atoms with Gasteiger partial charge in [0.05, 0.1) is 12.2 Å². The van der Waals surface area contributed by atoms with Crippen LogP contribution in [0.4, 0.5) is 0 Å². The first-order valence-electron chi connectivity index (χ1n) is 22.8. The molecule has 1 aromatic heterocycles. The van der Waals surface area contributed by atoms with Gasteiger partial charge < -0.3 is 14.0 Å². The van der Waals surface area contributed by atoms with E-state index in [0.29, 0.717) is 29.7 Å². The molecule has 0 saturated heterocycles. The van der Waals surface area contributed by atoms with Crippen LogP contribution >= 0.6 is 0 Å². The zero-order chi connectivity index (χ0) is 39.9. The maximum absolute atomic E-state index is 13.3. The van der Waals surface area contributed by atoms with Crippen molar-refractivity contribution in [3.63, 3.8) is 0 Å². The van der Waals surface area contributed by atoms with E-state index < -0.39 is 0 Å². The minimum Gasteiger partial charge on any atom is -0.494 e. The molecular formula is C49H74N2O5. The molecule has 2 aromatic rings. The van der Waals surface area contributed by atoms with E-state index >= 15 is 0 Å². The summed E-state index contributed by atoms with van der Waals surface area (Å²) in [7, 11) is 0. The number of ether oxygens (including phenoxy) is 2. The van der Waals surface area contributed by atoms with Gasteiger partial charge in [-0.2, -0.15) is 0 Å². The molecule has 4 aliphatic carbocycles. The molecule has 7 nitrogen and oxygen atoms in total. The molecule has 310 valence electrons. The summed E-state index contributed by atoms with van der Waals surface area (Å²) >= 11 is 0. The van der Waals surface area contributed by atoms with Crippen molar-refractivity contribution in [3.05, 3.63) is 74.1 Å². The number of aromatic nitrogens is 2. The Hall–Kier alpha value is -3.09. The monoisotopic (exact) mass is 771 g/mol. The molecule has 3 fully saturated rings. The van der Waals surface area contributed by atoms with Crippen LogP contribution in [0.25, 0.3) is 0 Å². The van der Waals surface area contributed by atoms with Gasteiger partial charge in [-0.1, -0.05) is 104 Å². The van der Waals surface area contributed by atoms with E-state index in [-0.39, 0.29) is 28.7 Å². The summed E-state index contributed by atoms with van der Waals surface area (Å²) in [5.74, 6) is 5.59. The number of aromatic amines is 1. The van der Waals surface area contributed by atoms with Crippen molar-refractivity contribution in [1.29, 1.82) is 0 Å². The van der Waals surface area contributed by atoms with E-state index in [4.69, 9.17) is 9.47 Å². The van der Waals surface area contributed by atoms with E-state index in [1.807, 2.05) is 24.3 Å². The Bertz CT molecular complexity index is 1740. The topological polar surface area (TPSA) is 90.4 Å². The Morgan fingerprint density at radius 1 is 0.857 bits per heavy atom. The van der Waals surface area contributed by atoms with E-state index in [0.717, 1.165) is 92.6 Å². The number of benzene rings is 1. The van der Waals surface area contributed by atoms with Crippen LogP contribution in [0.2, 0.25) is 0 Å². The number of carbonyl (C=O) groups excluding carboxylic acids is 1. The highest BCUT2D eigenvalue weighted by Gasteiger charge is 2.59. The second kappa shape index (κ2) is 19.1. The molecule has 7 heteroatoms. The molecule has 56 heavy (non-hydrogen) atoms. The molecule has 1 unspecified atom stereocenters. The Labute approximate surface area is 337 Å². The van der Waals surface area contributed by atoms with Gasteiger partial charge in [-0.15, -0.1) is 0 Å². The number of nitrogens with one attached hydrogen (secondary N) is 1. The lowest BCUT2D eigenvalue weighted by molar-refractivity contribution is -0.0594. The molecule has 4 aliphatic rings. The van der Waals surface area contributed by atoms with Gasteiger partial charge in [0.1, 0.15) is 11.9 Å². The number of carbonyl (C=O) groups is 1. The number of rotatable bonds is 19. The van der Waals surface area contributed by atoms with Gasteiger partial charge in [-0.05, 0) is 135 Å². The average Bonchev–Trinajstić information content (AvgIpc) is 3.53.